The predicted octanol–water partition coefficient (Wildman–Crippen LogP) is 0.770. The van der Waals surface area contributed by atoms with Crippen molar-refractivity contribution in [2.75, 3.05) is 0 Å². The van der Waals surface area contributed by atoms with Gasteiger partial charge in [-0.1, -0.05) is 5.16 Å². The number of halogens is 1. The van der Waals surface area contributed by atoms with E-state index in [0.717, 1.165) is 25.7 Å². The minimum atomic E-state index is -0.468. The van der Waals surface area contributed by atoms with Crippen LogP contribution in [0.4, 0.5) is 0 Å². The molecule has 0 saturated heterocycles. The van der Waals surface area contributed by atoms with Crippen molar-refractivity contribution in [1.29, 1.82) is 0 Å². The second-order valence-corrected chi connectivity index (χ2v) is 3.59. The Hall–Kier alpha value is -0.810. The van der Waals surface area contributed by atoms with E-state index in [1.807, 2.05) is 0 Å². The van der Waals surface area contributed by atoms with Gasteiger partial charge in [0.1, 0.15) is 0 Å². The van der Waals surface area contributed by atoms with Crippen LogP contribution in [0.2, 0.25) is 0 Å². The molecule has 80 valence electrons. The van der Waals surface area contributed by atoms with Crippen LogP contribution in [0.1, 0.15) is 37.4 Å². The fraction of sp³-hybridized carbons (Fsp3) is 0.750. The number of aromatic amines is 1. The summed E-state index contributed by atoms with van der Waals surface area (Å²) in [5.41, 5.74) is 5.76. The van der Waals surface area contributed by atoms with Gasteiger partial charge < -0.3 is 5.73 Å². The quantitative estimate of drug-likeness (QED) is 0.731. The average Bonchev–Trinajstić information content (AvgIpc) is 2.53. The van der Waals surface area contributed by atoms with Gasteiger partial charge in [0.25, 0.3) is 0 Å². The molecule has 1 aromatic rings. The van der Waals surface area contributed by atoms with Gasteiger partial charge in [0.15, 0.2) is 5.82 Å². The highest BCUT2D eigenvalue weighted by atomic mass is 35.5. The summed E-state index contributed by atoms with van der Waals surface area (Å²) in [7, 11) is 0. The maximum Gasteiger partial charge on any atom is 0.438 e. The number of aromatic nitrogens is 2. The van der Waals surface area contributed by atoms with E-state index in [0.29, 0.717) is 17.8 Å². The van der Waals surface area contributed by atoms with Crippen LogP contribution >= 0.6 is 12.4 Å². The molecule has 0 radical (unpaired) electrons. The number of nitrogens with one attached hydrogen (secondary N) is 1. The van der Waals surface area contributed by atoms with Crippen LogP contribution in [0, 0.1) is 0 Å². The van der Waals surface area contributed by atoms with Gasteiger partial charge in [-0.15, -0.1) is 12.4 Å². The van der Waals surface area contributed by atoms with Crippen LogP contribution in [0.5, 0.6) is 0 Å². The molecule has 3 N–H and O–H groups in total. The Morgan fingerprint density at radius 2 is 2.00 bits per heavy atom. The van der Waals surface area contributed by atoms with E-state index in [-0.39, 0.29) is 12.4 Å². The topological polar surface area (TPSA) is 84.9 Å². The molecule has 0 bridgehead atoms. The molecule has 1 heterocycles. The van der Waals surface area contributed by atoms with Crippen molar-refractivity contribution < 1.29 is 4.52 Å². The van der Waals surface area contributed by atoms with Gasteiger partial charge in [0, 0.05) is 12.0 Å². The number of nitrogens with zero attached hydrogens (tertiary/aromatic N) is 1. The van der Waals surface area contributed by atoms with Gasteiger partial charge in [0.05, 0.1) is 0 Å². The molecule has 5 nitrogen and oxygen atoms in total. The number of nitrogens with two attached hydrogens (primary N) is 1. The molecule has 1 saturated carbocycles. The first-order valence-electron chi connectivity index (χ1n) is 4.57. The highest BCUT2D eigenvalue weighted by Crippen LogP contribution is 2.29. The molecule has 0 aromatic carbocycles. The fourth-order valence-corrected chi connectivity index (χ4v) is 1.81. The van der Waals surface area contributed by atoms with Gasteiger partial charge in [-0.05, 0) is 25.7 Å². The molecule has 2 rings (SSSR count). The molecule has 1 aliphatic carbocycles. The summed E-state index contributed by atoms with van der Waals surface area (Å²) in [5, 5.41) is 3.68. The summed E-state index contributed by atoms with van der Waals surface area (Å²) in [6.45, 7) is 0. The maximum atomic E-state index is 10.7. The normalized spacial score (nSPS) is 26.9. The lowest BCUT2D eigenvalue weighted by Gasteiger charge is -2.23. The van der Waals surface area contributed by atoms with Crippen molar-refractivity contribution in [3.63, 3.8) is 0 Å². The van der Waals surface area contributed by atoms with Crippen LogP contribution in [-0.4, -0.2) is 16.2 Å². The molecule has 0 unspecified atom stereocenters. The van der Waals surface area contributed by atoms with E-state index in [4.69, 9.17) is 5.73 Å². The molecule has 1 aromatic heterocycles. The summed E-state index contributed by atoms with van der Waals surface area (Å²) >= 11 is 0. The van der Waals surface area contributed by atoms with Crippen molar-refractivity contribution in [3.05, 3.63) is 16.4 Å². The molecular weight excluding hydrogens is 206 g/mol. The molecule has 6 heteroatoms. The number of hydrogen-bond donors (Lipinski definition) is 2. The van der Waals surface area contributed by atoms with Crippen LogP contribution in [0.3, 0.4) is 0 Å². The van der Waals surface area contributed by atoms with Gasteiger partial charge in [-0.2, -0.15) is 0 Å². The highest BCUT2D eigenvalue weighted by Gasteiger charge is 2.22. The molecule has 14 heavy (non-hydrogen) atoms. The molecule has 0 amide bonds. The van der Waals surface area contributed by atoms with Crippen LogP contribution in [-0.2, 0) is 0 Å². The summed E-state index contributed by atoms with van der Waals surface area (Å²) in [6, 6.07) is 0.315. The number of H-pyrrole nitrogens is 1. The first-order valence-corrected chi connectivity index (χ1v) is 4.57. The first kappa shape index (κ1) is 11.3. The third kappa shape index (κ3) is 2.36. The third-order valence-electron chi connectivity index (χ3n) is 2.62. The minimum absolute atomic E-state index is 0. The van der Waals surface area contributed by atoms with Crippen LogP contribution in [0.25, 0.3) is 0 Å². The van der Waals surface area contributed by atoms with Gasteiger partial charge in [-0.25, -0.2) is 4.79 Å². The van der Waals surface area contributed by atoms with Crippen LogP contribution in [0.15, 0.2) is 9.32 Å². The Bertz CT molecular complexity index is 327. The fourth-order valence-electron chi connectivity index (χ4n) is 1.81. The summed E-state index contributed by atoms with van der Waals surface area (Å²) in [5.74, 6) is 0.535. The van der Waals surface area contributed by atoms with E-state index in [1.165, 1.54) is 0 Å². The van der Waals surface area contributed by atoms with Crippen molar-refractivity contribution in [2.24, 2.45) is 5.73 Å². The Morgan fingerprint density at radius 1 is 1.36 bits per heavy atom. The van der Waals surface area contributed by atoms with Gasteiger partial charge >= 0.3 is 5.76 Å². The zero-order valence-corrected chi connectivity index (χ0v) is 8.55. The molecule has 0 spiro atoms. The van der Waals surface area contributed by atoms with E-state index in [9.17, 15) is 4.79 Å². The van der Waals surface area contributed by atoms with Crippen molar-refractivity contribution in [2.45, 2.75) is 37.6 Å². The standard InChI is InChI=1S/C8H13N3O2.ClH/c9-6-3-1-5(2-4-6)7-10-8(12)13-11-7;/h5-6H,1-4,9H2,(H,10,11,12);1H/t5-,6-;. The van der Waals surface area contributed by atoms with E-state index < -0.39 is 5.76 Å². The van der Waals surface area contributed by atoms with E-state index in [1.54, 1.807) is 0 Å². The second kappa shape index (κ2) is 4.61. The number of rotatable bonds is 1. The minimum Gasteiger partial charge on any atom is -0.328 e. The third-order valence-corrected chi connectivity index (χ3v) is 2.62. The molecule has 0 aliphatic heterocycles. The second-order valence-electron chi connectivity index (χ2n) is 3.59. The molecule has 1 fully saturated rings. The highest BCUT2D eigenvalue weighted by molar-refractivity contribution is 5.85. The Balaban J connectivity index is 0.000000980. The molecule has 0 atom stereocenters. The lowest BCUT2D eigenvalue weighted by Crippen LogP contribution is -2.26. The van der Waals surface area contributed by atoms with E-state index >= 15 is 0 Å². The SMILES string of the molecule is Cl.N[C@H]1CC[C@H](c2noc(=O)[nH]2)CC1. The Kier molecular flexibility index (Phi) is 3.71. The predicted molar refractivity (Wildman–Crippen MR) is 53.6 cm³/mol. The number of hydrogen-bond acceptors (Lipinski definition) is 4. The monoisotopic (exact) mass is 219 g/mol. The Labute approximate surface area is 87.5 Å². The maximum absolute atomic E-state index is 10.7. The van der Waals surface area contributed by atoms with Crippen LogP contribution < -0.4 is 11.5 Å². The largest absolute Gasteiger partial charge is 0.438 e. The molecule has 1 aliphatic rings. The lowest BCUT2D eigenvalue weighted by atomic mass is 9.86. The Morgan fingerprint density at radius 3 is 2.50 bits per heavy atom. The van der Waals surface area contributed by atoms with Gasteiger partial charge in [-0.3, -0.25) is 9.51 Å². The zero-order chi connectivity index (χ0) is 9.26. The summed E-state index contributed by atoms with van der Waals surface area (Å²) in [6.07, 6.45) is 3.98. The smallest absolute Gasteiger partial charge is 0.328 e. The van der Waals surface area contributed by atoms with Gasteiger partial charge in [0.2, 0.25) is 0 Å². The zero-order valence-electron chi connectivity index (χ0n) is 7.73. The van der Waals surface area contributed by atoms with Crippen molar-refractivity contribution >= 4 is 12.4 Å². The van der Waals surface area contributed by atoms with Crippen molar-refractivity contribution in [1.82, 2.24) is 10.1 Å². The lowest BCUT2D eigenvalue weighted by molar-refractivity contribution is 0.351. The average molecular weight is 220 g/mol. The summed E-state index contributed by atoms with van der Waals surface area (Å²) in [4.78, 5) is 13.3. The van der Waals surface area contributed by atoms with Crippen molar-refractivity contribution in [3.8, 4) is 0 Å². The van der Waals surface area contributed by atoms with E-state index in [2.05, 4.69) is 14.7 Å². The summed E-state index contributed by atoms with van der Waals surface area (Å²) < 4.78 is 4.45. The first-order chi connectivity index (χ1) is 6.25. The molecular formula is C8H14ClN3O2.